The number of aliphatic imine (C=N–C) groups is 1. The zero-order valence-corrected chi connectivity index (χ0v) is 12.9. The van der Waals surface area contributed by atoms with E-state index in [2.05, 4.69) is 9.98 Å². The third kappa shape index (κ3) is 2.91. The van der Waals surface area contributed by atoms with Crippen molar-refractivity contribution in [1.82, 2.24) is 9.55 Å². The third-order valence-corrected chi connectivity index (χ3v) is 3.40. The molecular weight excluding hydrogens is 310 g/mol. The molecule has 0 radical (unpaired) electrons. The highest BCUT2D eigenvalue weighted by Gasteiger charge is 2.14. The number of hydrogen-bond donors (Lipinski definition) is 2. The van der Waals surface area contributed by atoms with E-state index in [0.717, 1.165) is 4.57 Å². The molecule has 0 amide bonds. The van der Waals surface area contributed by atoms with Gasteiger partial charge in [-0.15, -0.1) is 0 Å². The van der Waals surface area contributed by atoms with Crippen molar-refractivity contribution >= 4 is 12.3 Å². The van der Waals surface area contributed by atoms with E-state index < -0.39 is 17.1 Å². The molecule has 7 heteroatoms. The third-order valence-electron chi connectivity index (χ3n) is 3.40. The number of nitrogens with one attached hydrogen (secondary N) is 1. The first-order valence-electron chi connectivity index (χ1n) is 7.34. The molecule has 24 heavy (non-hydrogen) atoms. The van der Waals surface area contributed by atoms with Crippen LogP contribution in [0.15, 0.2) is 56.7 Å². The second-order valence-electron chi connectivity index (χ2n) is 4.97. The fourth-order valence-corrected chi connectivity index (χ4v) is 2.31. The Morgan fingerprint density at radius 1 is 1.29 bits per heavy atom. The quantitative estimate of drug-likeness (QED) is 0.892. The average molecular weight is 325 g/mol. The molecule has 1 aromatic heterocycles. The molecule has 0 bridgehead atoms. The van der Waals surface area contributed by atoms with Crippen molar-refractivity contribution in [2.75, 3.05) is 6.61 Å². The predicted octanol–water partition coefficient (Wildman–Crippen LogP) is 1.61. The van der Waals surface area contributed by atoms with E-state index in [1.807, 2.05) is 6.92 Å². The summed E-state index contributed by atoms with van der Waals surface area (Å²) in [5.41, 5.74) is -0.533. The summed E-state index contributed by atoms with van der Waals surface area (Å²) in [4.78, 5) is 30.3. The molecule has 1 aromatic carbocycles. The lowest BCUT2D eigenvalue weighted by atomic mass is 10.2. The van der Waals surface area contributed by atoms with E-state index in [0.29, 0.717) is 23.7 Å². The molecule has 2 aromatic rings. The standard InChI is InChI=1S/C17H15N3O4/c1-2-24-13-7-5-12(6-8-13)20-16(22)14(15(21)19-17(20)23)10-11-4-3-9-18-11/h3-10,22H,2H2,1H3,(H,19,21,23)/b11-10+. The fraction of sp³-hybridized carbons (Fsp3) is 0.118. The molecule has 3 rings (SSSR count). The van der Waals surface area contributed by atoms with Gasteiger partial charge in [-0.3, -0.25) is 14.8 Å². The van der Waals surface area contributed by atoms with E-state index in [1.54, 1.807) is 42.6 Å². The van der Waals surface area contributed by atoms with Crippen LogP contribution < -0.4 is 16.0 Å². The highest BCUT2D eigenvalue weighted by Crippen LogP contribution is 2.21. The van der Waals surface area contributed by atoms with Crippen molar-refractivity contribution in [3.8, 4) is 17.3 Å². The highest BCUT2D eigenvalue weighted by atomic mass is 16.5. The van der Waals surface area contributed by atoms with Gasteiger partial charge in [-0.25, -0.2) is 9.36 Å². The number of benzene rings is 1. The van der Waals surface area contributed by atoms with Crippen LogP contribution >= 0.6 is 0 Å². The van der Waals surface area contributed by atoms with Crippen molar-refractivity contribution in [2.24, 2.45) is 4.99 Å². The van der Waals surface area contributed by atoms with Crippen LogP contribution in [0, 0.1) is 0 Å². The van der Waals surface area contributed by atoms with Crippen LogP contribution in [0.3, 0.4) is 0 Å². The molecule has 0 spiro atoms. The van der Waals surface area contributed by atoms with Crippen LogP contribution in [0.25, 0.3) is 11.8 Å². The SMILES string of the molecule is CCOc1ccc(-n2c(O)c(/C=C3\C=CC=N3)c(=O)[nH]c2=O)cc1. The number of aromatic amines is 1. The second kappa shape index (κ2) is 6.41. The highest BCUT2D eigenvalue weighted by molar-refractivity contribution is 5.79. The van der Waals surface area contributed by atoms with E-state index in [1.165, 1.54) is 6.08 Å². The fourth-order valence-electron chi connectivity index (χ4n) is 2.31. The first-order valence-corrected chi connectivity index (χ1v) is 7.34. The Kier molecular flexibility index (Phi) is 4.15. The summed E-state index contributed by atoms with van der Waals surface area (Å²) in [5, 5.41) is 10.4. The predicted molar refractivity (Wildman–Crippen MR) is 91.1 cm³/mol. The Balaban J connectivity index is 2.13. The summed E-state index contributed by atoms with van der Waals surface area (Å²) < 4.78 is 6.37. The Morgan fingerprint density at radius 3 is 2.67 bits per heavy atom. The lowest BCUT2D eigenvalue weighted by Gasteiger charge is -2.11. The first kappa shape index (κ1) is 15.5. The van der Waals surface area contributed by atoms with Gasteiger partial charge in [-0.05, 0) is 49.4 Å². The Hall–Kier alpha value is -3.35. The Labute approximate surface area is 136 Å². The van der Waals surface area contributed by atoms with E-state index in [9.17, 15) is 14.7 Å². The van der Waals surface area contributed by atoms with Crippen molar-refractivity contribution < 1.29 is 9.84 Å². The molecule has 1 aliphatic rings. The van der Waals surface area contributed by atoms with Crippen LogP contribution in [0.4, 0.5) is 0 Å². The van der Waals surface area contributed by atoms with Crippen molar-refractivity contribution in [3.05, 3.63) is 68.5 Å². The summed E-state index contributed by atoms with van der Waals surface area (Å²) in [6.07, 6.45) is 6.38. The number of nitrogens with zero attached hydrogens (tertiary/aromatic N) is 2. The Bertz CT molecular complexity index is 949. The molecule has 2 N–H and O–H groups in total. The maximum Gasteiger partial charge on any atom is 0.335 e. The molecule has 0 saturated carbocycles. The molecule has 1 aliphatic heterocycles. The molecule has 0 fully saturated rings. The maximum atomic E-state index is 12.1. The smallest absolute Gasteiger partial charge is 0.335 e. The molecule has 0 saturated heterocycles. The maximum absolute atomic E-state index is 12.1. The molecular formula is C17H15N3O4. The normalized spacial score (nSPS) is 14.5. The van der Waals surface area contributed by atoms with Crippen LogP contribution in [-0.2, 0) is 0 Å². The van der Waals surface area contributed by atoms with Gasteiger partial charge >= 0.3 is 5.69 Å². The van der Waals surface area contributed by atoms with E-state index in [4.69, 9.17) is 4.74 Å². The van der Waals surface area contributed by atoms with Crippen molar-refractivity contribution in [3.63, 3.8) is 0 Å². The number of H-pyrrole nitrogens is 1. The number of allylic oxidation sites excluding steroid dienone is 2. The van der Waals surface area contributed by atoms with Crippen molar-refractivity contribution in [1.29, 1.82) is 0 Å². The largest absolute Gasteiger partial charge is 0.494 e. The number of rotatable bonds is 4. The monoisotopic (exact) mass is 325 g/mol. The molecule has 0 atom stereocenters. The molecule has 0 aliphatic carbocycles. The van der Waals surface area contributed by atoms with Gasteiger partial charge in [-0.2, -0.15) is 0 Å². The van der Waals surface area contributed by atoms with Gasteiger partial charge in [0.1, 0.15) is 11.3 Å². The summed E-state index contributed by atoms with van der Waals surface area (Å²) >= 11 is 0. The topological polar surface area (TPSA) is 96.7 Å². The van der Waals surface area contributed by atoms with Gasteiger partial charge in [0, 0.05) is 6.21 Å². The summed E-state index contributed by atoms with van der Waals surface area (Å²) in [5.74, 6) is 0.196. The summed E-state index contributed by atoms with van der Waals surface area (Å²) in [7, 11) is 0. The molecule has 0 unspecified atom stereocenters. The number of aromatic hydroxyl groups is 1. The van der Waals surface area contributed by atoms with Crippen LogP contribution in [-0.4, -0.2) is 27.5 Å². The number of aromatic nitrogens is 2. The Morgan fingerprint density at radius 2 is 2.04 bits per heavy atom. The van der Waals surface area contributed by atoms with Crippen molar-refractivity contribution in [2.45, 2.75) is 6.92 Å². The minimum absolute atomic E-state index is 0.0396. The average Bonchev–Trinajstić information content (AvgIpc) is 3.06. The summed E-state index contributed by atoms with van der Waals surface area (Å²) in [6.45, 7) is 2.39. The number of hydrogen-bond acceptors (Lipinski definition) is 5. The van der Waals surface area contributed by atoms with Gasteiger partial charge in [0.15, 0.2) is 0 Å². The molecule has 7 nitrogen and oxygen atoms in total. The number of ether oxygens (including phenoxy) is 1. The van der Waals surface area contributed by atoms with Gasteiger partial charge in [-0.1, -0.05) is 0 Å². The minimum Gasteiger partial charge on any atom is -0.494 e. The zero-order valence-electron chi connectivity index (χ0n) is 12.9. The molecule has 2 heterocycles. The zero-order chi connectivity index (χ0) is 17.1. The minimum atomic E-state index is -0.728. The van der Waals surface area contributed by atoms with E-state index in [-0.39, 0.29) is 5.56 Å². The van der Waals surface area contributed by atoms with Crippen LogP contribution in [0.2, 0.25) is 0 Å². The van der Waals surface area contributed by atoms with Gasteiger partial charge < -0.3 is 9.84 Å². The summed E-state index contributed by atoms with van der Waals surface area (Å²) in [6, 6.07) is 6.60. The van der Waals surface area contributed by atoms with Gasteiger partial charge in [0.25, 0.3) is 5.56 Å². The van der Waals surface area contributed by atoms with Crippen LogP contribution in [0.1, 0.15) is 12.5 Å². The first-order chi connectivity index (χ1) is 11.6. The lowest BCUT2D eigenvalue weighted by molar-refractivity contribution is 0.340. The van der Waals surface area contributed by atoms with Crippen LogP contribution in [0.5, 0.6) is 11.6 Å². The molecule has 122 valence electrons. The second-order valence-corrected chi connectivity index (χ2v) is 4.97. The van der Waals surface area contributed by atoms with Gasteiger partial charge in [0.2, 0.25) is 5.88 Å². The van der Waals surface area contributed by atoms with Gasteiger partial charge in [0.05, 0.1) is 18.0 Å². The van der Waals surface area contributed by atoms with E-state index >= 15 is 0 Å². The lowest BCUT2D eigenvalue weighted by Crippen LogP contribution is -2.30.